The fourth-order valence-electron chi connectivity index (χ4n) is 8.44. The maximum atomic E-state index is 2.50. The van der Waals surface area contributed by atoms with Crippen molar-refractivity contribution < 1.29 is 0 Å². The van der Waals surface area contributed by atoms with Crippen LogP contribution in [0.1, 0.15) is 136 Å². The Hall–Kier alpha value is -5.34. The van der Waals surface area contributed by atoms with Crippen LogP contribution in [0.25, 0.3) is 21.5 Å². The molecule has 0 heterocycles. The van der Waals surface area contributed by atoms with Crippen molar-refractivity contribution in [2.75, 3.05) is 9.80 Å². The minimum absolute atomic E-state index is 0.0582. The van der Waals surface area contributed by atoms with Gasteiger partial charge in [-0.1, -0.05) is 180 Å². The van der Waals surface area contributed by atoms with Gasteiger partial charge in [0.05, 0.1) is 11.4 Å². The minimum atomic E-state index is 0.0582. The van der Waals surface area contributed by atoms with Crippen LogP contribution in [0.5, 0.6) is 0 Å². The Kier molecular flexibility index (Phi) is 13.4. The summed E-state index contributed by atoms with van der Waals surface area (Å²) in [5.74, 6) is 1.06. The Morgan fingerprint density at radius 2 is 0.678 bits per heavy atom. The van der Waals surface area contributed by atoms with E-state index in [2.05, 4.69) is 225 Å². The normalized spacial score (nSPS) is 12.4. The van der Waals surface area contributed by atoms with Crippen molar-refractivity contribution in [1.29, 1.82) is 0 Å². The predicted octanol–water partition coefficient (Wildman–Crippen LogP) is 18.0. The third kappa shape index (κ3) is 8.98. The standard InChI is InChI=1S/C55H62N2.C2H6/c1-11-38(4)40-22-30-44(31-23-40)56(46-34-26-42(27-35-46)54(5,6)7)52-48-18-14-16-20-50(48)53(51-21-17-15-19-49(51)52)57(47-36-28-43(29-37-47)55(8,9)10)45-32-24-41(25-33-45)39(12-2)13-3;1-2/h14-39H,11-13H2,1-10H3;1-2H3. The Morgan fingerprint density at radius 1 is 0.390 bits per heavy atom. The van der Waals surface area contributed by atoms with Gasteiger partial charge in [0.25, 0.3) is 0 Å². The van der Waals surface area contributed by atoms with Crippen LogP contribution < -0.4 is 9.80 Å². The molecule has 0 aliphatic heterocycles. The number of nitrogens with zero attached hydrogens (tertiary/aromatic N) is 2. The zero-order valence-corrected chi connectivity index (χ0v) is 38.0. The molecule has 1 unspecified atom stereocenters. The average molecular weight is 781 g/mol. The molecule has 2 heteroatoms. The van der Waals surface area contributed by atoms with Crippen LogP contribution in [0, 0.1) is 0 Å². The van der Waals surface area contributed by atoms with E-state index in [0.29, 0.717) is 11.8 Å². The second kappa shape index (κ2) is 18.3. The number of rotatable bonds is 11. The number of hydrogen-bond donors (Lipinski definition) is 0. The molecule has 7 aromatic rings. The summed E-state index contributed by atoms with van der Waals surface area (Å²) in [5, 5.41) is 4.84. The molecule has 0 saturated heterocycles. The van der Waals surface area contributed by atoms with Crippen molar-refractivity contribution in [2.45, 2.75) is 125 Å². The molecule has 0 fully saturated rings. The van der Waals surface area contributed by atoms with Gasteiger partial charge in [-0.3, -0.25) is 0 Å². The molecule has 0 aliphatic rings. The maximum Gasteiger partial charge on any atom is 0.0619 e. The topological polar surface area (TPSA) is 6.48 Å². The highest BCUT2D eigenvalue weighted by molar-refractivity contribution is 6.23. The van der Waals surface area contributed by atoms with Crippen LogP contribution in [0.2, 0.25) is 0 Å². The van der Waals surface area contributed by atoms with Gasteiger partial charge in [0.1, 0.15) is 0 Å². The largest absolute Gasteiger partial charge is 0.309 e. The molecule has 0 spiro atoms. The first-order chi connectivity index (χ1) is 28.3. The van der Waals surface area contributed by atoms with Crippen LogP contribution >= 0.6 is 0 Å². The summed E-state index contributed by atoms with van der Waals surface area (Å²) < 4.78 is 0. The zero-order valence-electron chi connectivity index (χ0n) is 38.0. The molecular weight excluding hydrogens is 713 g/mol. The molecule has 0 N–H and O–H groups in total. The van der Waals surface area contributed by atoms with Gasteiger partial charge < -0.3 is 9.80 Å². The first-order valence-corrected chi connectivity index (χ1v) is 22.3. The Morgan fingerprint density at radius 3 is 0.949 bits per heavy atom. The van der Waals surface area contributed by atoms with E-state index in [1.807, 2.05) is 13.8 Å². The van der Waals surface area contributed by atoms with Gasteiger partial charge in [-0.05, 0) is 113 Å². The molecule has 0 saturated carbocycles. The highest BCUT2D eigenvalue weighted by atomic mass is 15.2. The van der Waals surface area contributed by atoms with E-state index in [0.717, 1.165) is 42.0 Å². The van der Waals surface area contributed by atoms with Crippen molar-refractivity contribution in [3.8, 4) is 0 Å². The van der Waals surface area contributed by atoms with Crippen molar-refractivity contribution >= 4 is 55.7 Å². The van der Waals surface area contributed by atoms with Gasteiger partial charge in [0.2, 0.25) is 0 Å². The second-order valence-electron chi connectivity index (χ2n) is 18.1. The van der Waals surface area contributed by atoms with Gasteiger partial charge in [0, 0.05) is 44.3 Å². The lowest BCUT2D eigenvalue weighted by Crippen LogP contribution is -2.16. The summed E-state index contributed by atoms with van der Waals surface area (Å²) in [7, 11) is 0. The molecule has 0 radical (unpaired) electrons. The second-order valence-corrected chi connectivity index (χ2v) is 18.1. The summed E-state index contributed by atoms with van der Waals surface area (Å²) in [5.41, 5.74) is 12.5. The van der Waals surface area contributed by atoms with Gasteiger partial charge in [-0.15, -0.1) is 0 Å². The lowest BCUT2D eigenvalue weighted by Gasteiger charge is -2.33. The van der Waals surface area contributed by atoms with Crippen LogP contribution in [-0.2, 0) is 10.8 Å². The van der Waals surface area contributed by atoms with Crippen molar-refractivity contribution in [3.05, 3.63) is 168 Å². The smallest absolute Gasteiger partial charge is 0.0619 e. The zero-order chi connectivity index (χ0) is 42.5. The number of anilines is 6. The van der Waals surface area contributed by atoms with E-state index >= 15 is 0 Å². The van der Waals surface area contributed by atoms with E-state index in [1.165, 1.54) is 55.2 Å². The first kappa shape index (κ1) is 43.2. The molecule has 7 aromatic carbocycles. The SMILES string of the molecule is CC.CCC(C)c1ccc(N(c2ccc(C(C)(C)C)cc2)c2c3ccccc3c(N(c3ccc(C(CC)CC)cc3)c3ccc(C(C)(C)C)cc3)c3ccccc23)cc1. The van der Waals surface area contributed by atoms with Gasteiger partial charge in [-0.25, -0.2) is 0 Å². The van der Waals surface area contributed by atoms with Crippen LogP contribution in [0.3, 0.4) is 0 Å². The van der Waals surface area contributed by atoms with E-state index in [4.69, 9.17) is 0 Å². The monoisotopic (exact) mass is 781 g/mol. The summed E-state index contributed by atoms with van der Waals surface area (Å²) in [4.78, 5) is 5.00. The third-order valence-corrected chi connectivity index (χ3v) is 12.2. The van der Waals surface area contributed by atoms with Crippen LogP contribution in [0.15, 0.2) is 146 Å². The fraction of sp³-hybridized carbons (Fsp3) is 0.333. The van der Waals surface area contributed by atoms with E-state index < -0.39 is 0 Å². The van der Waals surface area contributed by atoms with E-state index in [-0.39, 0.29) is 10.8 Å². The van der Waals surface area contributed by atoms with Crippen molar-refractivity contribution in [3.63, 3.8) is 0 Å². The Labute approximate surface area is 356 Å². The van der Waals surface area contributed by atoms with Crippen molar-refractivity contribution in [1.82, 2.24) is 0 Å². The Balaban J connectivity index is 0.00000288. The van der Waals surface area contributed by atoms with Crippen molar-refractivity contribution in [2.24, 2.45) is 0 Å². The summed E-state index contributed by atoms with van der Waals surface area (Å²) >= 11 is 0. The molecule has 306 valence electrons. The highest BCUT2D eigenvalue weighted by Crippen LogP contribution is 2.51. The summed E-state index contributed by atoms with van der Waals surface area (Å²) in [6.45, 7) is 26.9. The maximum absolute atomic E-state index is 2.50. The number of benzene rings is 7. The van der Waals surface area contributed by atoms with E-state index in [1.54, 1.807) is 0 Å². The quantitative estimate of drug-likeness (QED) is 0.0953. The molecule has 0 aliphatic carbocycles. The highest BCUT2D eigenvalue weighted by Gasteiger charge is 2.26. The average Bonchev–Trinajstić information content (AvgIpc) is 3.25. The minimum Gasteiger partial charge on any atom is -0.309 e. The van der Waals surface area contributed by atoms with E-state index in [9.17, 15) is 0 Å². The molecule has 2 nitrogen and oxygen atoms in total. The van der Waals surface area contributed by atoms with Gasteiger partial charge in [-0.2, -0.15) is 0 Å². The predicted molar refractivity (Wildman–Crippen MR) is 262 cm³/mol. The molecule has 0 amide bonds. The lowest BCUT2D eigenvalue weighted by molar-refractivity contribution is 0.590. The third-order valence-electron chi connectivity index (χ3n) is 12.2. The molecule has 7 rings (SSSR count). The lowest BCUT2D eigenvalue weighted by atomic mass is 9.87. The Bertz CT molecular complexity index is 2360. The fourth-order valence-corrected chi connectivity index (χ4v) is 8.44. The van der Waals surface area contributed by atoms with Gasteiger partial charge in [0.15, 0.2) is 0 Å². The molecular formula is C57H68N2. The molecule has 0 bridgehead atoms. The van der Waals surface area contributed by atoms with Crippen LogP contribution in [0.4, 0.5) is 34.1 Å². The van der Waals surface area contributed by atoms with Crippen LogP contribution in [-0.4, -0.2) is 0 Å². The molecule has 1 atom stereocenters. The molecule has 59 heavy (non-hydrogen) atoms. The number of hydrogen-bond acceptors (Lipinski definition) is 2. The number of fused-ring (bicyclic) bond motifs is 2. The van der Waals surface area contributed by atoms with Gasteiger partial charge >= 0.3 is 0 Å². The molecule has 0 aromatic heterocycles. The summed E-state index contributed by atoms with van der Waals surface area (Å²) in [6.07, 6.45) is 3.39. The first-order valence-electron chi connectivity index (χ1n) is 22.3. The summed E-state index contributed by atoms with van der Waals surface area (Å²) in [6, 6.07) is 55.3.